The van der Waals surface area contributed by atoms with Gasteiger partial charge >= 0.3 is 0 Å². The van der Waals surface area contributed by atoms with Gasteiger partial charge in [-0.25, -0.2) is 8.42 Å². The van der Waals surface area contributed by atoms with Crippen molar-refractivity contribution < 1.29 is 13.2 Å². The van der Waals surface area contributed by atoms with Gasteiger partial charge in [0.2, 0.25) is 0 Å². The Hall–Kier alpha value is -2.05. The first-order valence-corrected chi connectivity index (χ1v) is 7.89. The van der Waals surface area contributed by atoms with Crippen LogP contribution >= 0.6 is 11.6 Å². The number of amides is 1. The van der Waals surface area contributed by atoms with Gasteiger partial charge in [0, 0.05) is 12.7 Å². The zero-order valence-electron chi connectivity index (χ0n) is 11.1. The van der Waals surface area contributed by atoms with Crippen molar-refractivity contribution in [3.63, 3.8) is 0 Å². The SMILES string of the molecule is CNC(=O)c1cc(S(=O)(=O)Nc2ccccc2)ccc1Cl. The molecule has 2 rings (SSSR count). The summed E-state index contributed by atoms with van der Waals surface area (Å²) in [6, 6.07) is 12.5. The fourth-order valence-corrected chi connectivity index (χ4v) is 2.99. The van der Waals surface area contributed by atoms with E-state index in [1.54, 1.807) is 30.3 Å². The van der Waals surface area contributed by atoms with Gasteiger partial charge in [-0.3, -0.25) is 9.52 Å². The molecule has 110 valence electrons. The van der Waals surface area contributed by atoms with Crippen LogP contribution in [0.25, 0.3) is 0 Å². The molecule has 1 amide bonds. The minimum Gasteiger partial charge on any atom is -0.355 e. The minimum atomic E-state index is -3.78. The van der Waals surface area contributed by atoms with E-state index < -0.39 is 15.9 Å². The van der Waals surface area contributed by atoms with Gasteiger partial charge in [0.05, 0.1) is 15.5 Å². The zero-order chi connectivity index (χ0) is 15.5. The predicted octanol–water partition coefficient (Wildman–Crippen LogP) is 2.50. The molecular weight excluding hydrogens is 312 g/mol. The molecule has 0 aromatic heterocycles. The van der Waals surface area contributed by atoms with Crippen molar-refractivity contribution in [1.82, 2.24) is 5.32 Å². The number of rotatable bonds is 4. The number of anilines is 1. The van der Waals surface area contributed by atoms with Crippen LogP contribution in [0.3, 0.4) is 0 Å². The van der Waals surface area contributed by atoms with Gasteiger partial charge in [-0.15, -0.1) is 0 Å². The maximum atomic E-state index is 12.3. The van der Waals surface area contributed by atoms with Gasteiger partial charge in [0.25, 0.3) is 15.9 Å². The largest absolute Gasteiger partial charge is 0.355 e. The summed E-state index contributed by atoms with van der Waals surface area (Å²) in [6.07, 6.45) is 0. The standard InChI is InChI=1S/C14H13ClN2O3S/c1-16-14(18)12-9-11(7-8-13(12)15)21(19,20)17-10-5-3-2-4-6-10/h2-9,17H,1H3,(H,16,18). The molecule has 5 nitrogen and oxygen atoms in total. The molecule has 0 saturated carbocycles. The molecule has 2 aromatic rings. The number of hydrogen-bond donors (Lipinski definition) is 2. The predicted molar refractivity (Wildman–Crippen MR) is 82.1 cm³/mol. The molecule has 0 aliphatic heterocycles. The van der Waals surface area contributed by atoms with E-state index in [4.69, 9.17) is 11.6 Å². The quantitative estimate of drug-likeness (QED) is 0.907. The van der Waals surface area contributed by atoms with Crippen molar-refractivity contribution >= 4 is 33.2 Å². The first kappa shape index (κ1) is 15.3. The van der Waals surface area contributed by atoms with Gasteiger partial charge in [-0.2, -0.15) is 0 Å². The smallest absolute Gasteiger partial charge is 0.261 e. The third-order valence-electron chi connectivity index (χ3n) is 2.75. The first-order chi connectivity index (χ1) is 9.94. The second kappa shape index (κ2) is 6.15. The molecule has 0 bridgehead atoms. The Labute approximate surface area is 128 Å². The number of halogens is 1. The fraction of sp³-hybridized carbons (Fsp3) is 0.0714. The lowest BCUT2D eigenvalue weighted by Crippen LogP contribution is -2.19. The Morgan fingerprint density at radius 1 is 1.10 bits per heavy atom. The van der Waals surface area contributed by atoms with Gasteiger partial charge in [0.15, 0.2) is 0 Å². The van der Waals surface area contributed by atoms with Crippen molar-refractivity contribution in [3.05, 3.63) is 59.1 Å². The van der Waals surface area contributed by atoms with Crippen molar-refractivity contribution in [2.75, 3.05) is 11.8 Å². The van der Waals surface area contributed by atoms with Gasteiger partial charge in [0.1, 0.15) is 0 Å². The maximum absolute atomic E-state index is 12.3. The topological polar surface area (TPSA) is 75.3 Å². The average molecular weight is 325 g/mol. The highest BCUT2D eigenvalue weighted by Crippen LogP contribution is 2.22. The Morgan fingerprint density at radius 3 is 2.38 bits per heavy atom. The number of nitrogens with one attached hydrogen (secondary N) is 2. The molecule has 0 spiro atoms. The summed E-state index contributed by atoms with van der Waals surface area (Å²) in [4.78, 5) is 11.6. The third-order valence-corrected chi connectivity index (χ3v) is 4.45. The van der Waals surface area contributed by atoms with Crippen LogP contribution in [0.4, 0.5) is 5.69 Å². The Balaban J connectivity index is 2.39. The van der Waals surface area contributed by atoms with E-state index in [0.29, 0.717) is 5.69 Å². The highest BCUT2D eigenvalue weighted by atomic mass is 35.5. The van der Waals surface area contributed by atoms with E-state index in [0.717, 1.165) is 0 Å². The van der Waals surface area contributed by atoms with E-state index in [9.17, 15) is 13.2 Å². The van der Waals surface area contributed by atoms with E-state index in [1.165, 1.54) is 25.2 Å². The summed E-state index contributed by atoms with van der Waals surface area (Å²) < 4.78 is 27.0. The molecule has 0 aliphatic rings. The van der Waals surface area contributed by atoms with Crippen LogP contribution < -0.4 is 10.0 Å². The minimum absolute atomic E-state index is 0.0330. The fourth-order valence-electron chi connectivity index (χ4n) is 1.70. The van der Waals surface area contributed by atoms with Gasteiger partial charge in [-0.1, -0.05) is 29.8 Å². The molecule has 21 heavy (non-hydrogen) atoms. The molecule has 7 heteroatoms. The number of para-hydroxylation sites is 1. The van der Waals surface area contributed by atoms with Gasteiger partial charge < -0.3 is 5.32 Å². The van der Waals surface area contributed by atoms with Crippen molar-refractivity contribution in [2.24, 2.45) is 0 Å². The maximum Gasteiger partial charge on any atom is 0.261 e. The molecule has 0 radical (unpaired) electrons. The van der Waals surface area contributed by atoms with Crippen LogP contribution in [0.1, 0.15) is 10.4 Å². The molecule has 2 N–H and O–H groups in total. The van der Waals surface area contributed by atoms with Crippen LogP contribution in [0.5, 0.6) is 0 Å². The molecule has 0 saturated heterocycles. The summed E-state index contributed by atoms with van der Waals surface area (Å²) >= 11 is 5.90. The summed E-state index contributed by atoms with van der Waals surface area (Å²) in [5.41, 5.74) is 0.545. The molecular formula is C14H13ClN2O3S. The number of carbonyl (C=O) groups excluding carboxylic acids is 1. The normalized spacial score (nSPS) is 11.0. The van der Waals surface area contributed by atoms with Crippen LogP contribution in [-0.2, 0) is 10.0 Å². The van der Waals surface area contributed by atoms with Crippen molar-refractivity contribution in [2.45, 2.75) is 4.90 Å². The lowest BCUT2D eigenvalue weighted by Gasteiger charge is -2.10. The highest BCUT2D eigenvalue weighted by molar-refractivity contribution is 7.92. The summed E-state index contributed by atoms with van der Waals surface area (Å²) in [6.45, 7) is 0. The second-order valence-corrected chi connectivity index (χ2v) is 6.28. The first-order valence-electron chi connectivity index (χ1n) is 6.03. The van der Waals surface area contributed by atoms with E-state index >= 15 is 0 Å². The monoisotopic (exact) mass is 324 g/mol. The van der Waals surface area contributed by atoms with Crippen LogP contribution in [0, 0.1) is 0 Å². The highest BCUT2D eigenvalue weighted by Gasteiger charge is 2.18. The van der Waals surface area contributed by atoms with Crippen LogP contribution in [0.15, 0.2) is 53.4 Å². The number of benzene rings is 2. The van der Waals surface area contributed by atoms with Crippen LogP contribution in [0.2, 0.25) is 5.02 Å². The molecule has 0 heterocycles. The molecule has 0 fully saturated rings. The van der Waals surface area contributed by atoms with Crippen molar-refractivity contribution in [1.29, 1.82) is 0 Å². The number of hydrogen-bond acceptors (Lipinski definition) is 3. The van der Waals surface area contributed by atoms with Crippen LogP contribution in [-0.4, -0.2) is 21.4 Å². The lowest BCUT2D eigenvalue weighted by atomic mass is 10.2. The summed E-state index contributed by atoms with van der Waals surface area (Å²) in [7, 11) is -2.34. The zero-order valence-corrected chi connectivity index (χ0v) is 12.7. The van der Waals surface area contributed by atoms with Crippen molar-refractivity contribution in [3.8, 4) is 0 Å². The van der Waals surface area contributed by atoms with E-state index in [1.807, 2.05) is 0 Å². The average Bonchev–Trinajstić information content (AvgIpc) is 2.47. The van der Waals surface area contributed by atoms with Gasteiger partial charge in [-0.05, 0) is 30.3 Å². The molecule has 0 unspecified atom stereocenters. The van der Waals surface area contributed by atoms with E-state index in [2.05, 4.69) is 10.0 Å². The lowest BCUT2D eigenvalue weighted by molar-refractivity contribution is 0.0963. The molecule has 2 aromatic carbocycles. The Bertz CT molecular complexity index is 761. The molecule has 0 atom stereocenters. The molecule has 0 aliphatic carbocycles. The van der Waals surface area contributed by atoms with E-state index in [-0.39, 0.29) is 15.5 Å². The Kier molecular flexibility index (Phi) is 4.50. The second-order valence-electron chi connectivity index (χ2n) is 4.19. The summed E-state index contributed by atoms with van der Waals surface area (Å²) in [5, 5.41) is 2.60. The number of carbonyl (C=O) groups is 1. The summed E-state index contributed by atoms with van der Waals surface area (Å²) in [5.74, 6) is -0.447. The third kappa shape index (κ3) is 3.53. The number of sulfonamides is 1. The Morgan fingerprint density at radius 2 is 1.76 bits per heavy atom.